The predicted octanol–water partition coefficient (Wildman–Crippen LogP) is 5.39. The van der Waals surface area contributed by atoms with Crippen LogP contribution in [-0.2, 0) is 32.6 Å². The Morgan fingerprint density at radius 2 is 1.60 bits per heavy atom. The van der Waals surface area contributed by atoms with E-state index >= 15 is 0 Å². The number of nitrogens with zero attached hydrogens (tertiary/aromatic N) is 2. The zero-order chi connectivity index (χ0) is 29.4. The molecule has 7 nitrogen and oxygen atoms in total. The zero-order valence-corrected chi connectivity index (χ0v) is 26.1. The van der Waals surface area contributed by atoms with Gasteiger partial charge in [-0.15, -0.1) is 0 Å². The van der Waals surface area contributed by atoms with Crippen LogP contribution in [0, 0.1) is 13.8 Å². The van der Waals surface area contributed by atoms with Crippen LogP contribution in [0.25, 0.3) is 0 Å². The highest BCUT2D eigenvalue weighted by Crippen LogP contribution is 2.23. The Bertz CT molecular complexity index is 1430. The van der Waals surface area contributed by atoms with E-state index in [0.29, 0.717) is 5.69 Å². The van der Waals surface area contributed by atoms with E-state index in [1.54, 1.807) is 12.1 Å². The van der Waals surface area contributed by atoms with Gasteiger partial charge in [0.15, 0.2) is 0 Å². The Morgan fingerprint density at radius 3 is 2.20 bits per heavy atom. The second kappa shape index (κ2) is 13.9. The lowest BCUT2D eigenvalue weighted by Gasteiger charge is -2.34. The minimum absolute atomic E-state index is 0.0864. The van der Waals surface area contributed by atoms with E-state index in [1.807, 2.05) is 88.4 Å². The van der Waals surface area contributed by atoms with Gasteiger partial charge < -0.3 is 10.2 Å². The maximum atomic E-state index is 14.1. The Balaban J connectivity index is 2.07. The molecule has 214 valence electrons. The SMILES string of the molecule is CC[C@@H](C)NC(=O)[C@@H](Cc1ccccc1)N(Cc1cccc(Br)c1)C(=O)CN(c1ccc(C)c(C)c1)S(C)(=O)=O. The average Bonchev–Trinajstić information content (AvgIpc) is 2.90. The summed E-state index contributed by atoms with van der Waals surface area (Å²) < 4.78 is 27.8. The van der Waals surface area contributed by atoms with Crippen molar-refractivity contribution in [1.82, 2.24) is 10.2 Å². The van der Waals surface area contributed by atoms with Crippen molar-refractivity contribution in [2.45, 2.75) is 59.2 Å². The summed E-state index contributed by atoms with van der Waals surface area (Å²) >= 11 is 3.49. The molecular weight excluding hydrogens is 590 g/mol. The second-order valence-corrected chi connectivity index (χ2v) is 13.0. The molecule has 1 N–H and O–H groups in total. The van der Waals surface area contributed by atoms with Gasteiger partial charge in [0.05, 0.1) is 11.9 Å². The van der Waals surface area contributed by atoms with Gasteiger partial charge in [-0.25, -0.2) is 8.42 Å². The van der Waals surface area contributed by atoms with Crippen LogP contribution in [0.5, 0.6) is 0 Å². The number of benzene rings is 3. The summed E-state index contributed by atoms with van der Waals surface area (Å²) in [5, 5.41) is 3.04. The number of hydrogen-bond acceptors (Lipinski definition) is 4. The number of amides is 2. The standard InChI is InChI=1S/C31H38BrN3O4S/c1-6-24(4)33-31(37)29(19-25-11-8-7-9-12-25)34(20-26-13-10-14-27(32)18-26)30(36)21-35(40(5,38)39)28-16-15-22(2)23(3)17-28/h7-18,24,29H,6,19-21H2,1-5H3,(H,33,37)/t24-,29-/m1/s1. The minimum atomic E-state index is -3.81. The Kier molecular flexibility index (Phi) is 10.9. The molecule has 40 heavy (non-hydrogen) atoms. The Labute approximate surface area is 246 Å². The van der Waals surface area contributed by atoms with E-state index in [0.717, 1.165) is 43.7 Å². The van der Waals surface area contributed by atoms with Crippen LogP contribution in [0.3, 0.4) is 0 Å². The number of halogens is 1. The number of nitrogens with one attached hydrogen (secondary N) is 1. The molecule has 3 rings (SSSR count). The molecular formula is C31H38BrN3O4S. The Morgan fingerprint density at radius 1 is 0.925 bits per heavy atom. The molecule has 0 aliphatic heterocycles. The lowest BCUT2D eigenvalue weighted by molar-refractivity contribution is -0.140. The largest absolute Gasteiger partial charge is 0.352 e. The van der Waals surface area contributed by atoms with Gasteiger partial charge in [-0.1, -0.05) is 71.4 Å². The van der Waals surface area contributed by atoms with E-state index in [4.69, 9.17) is 0 Å². The van der Waals surface area contributed by atoms with Crippen LogP contribution in [0.2, 0.25) is 0 Å². The average molecular weight is 629 g/mol. The summed E-state index contributed by atoms with van der Waals surface area (Å²) in [6.45, 7) is 7.44. The fraction of sp³-hybridized carbons (Fsp3) is 0.355. The zero-order valence-electron chi connectivity index (χ0n) is 23.7. The van der Waals surface area contributed by atoms with Gasteiger partial charge in [0.25, 0.3) is 0 Å². The molecule has 0 unspecified atom stereocenters. The maximum Gasteiger partial charge on any atom is 0.244 e. The van der Waals surface area contributed by atoms with Crippen molar-refractivity contribution in [1.29, 1.82) is 0 Å². The number of rotatable bonds is 12. The summed E-state index contributed by atoms with van der Waals surface area (Å²) in [5.41, 5.74) is 4.05. The van der Waals surface area contributed by atoms with Gasteiger partial charge in [0.2, 0.25) is 21.8 Å². The third-order valence-electron chi connectivity index (χ3n) is 6.97. The molecule has 0 spiro atoms. The number of anilines is 1. The first-order valence-corrected chi connectivity index (χ1v) is 16.0. The summed E-state index contributed by atoms with van der Waals surface area (Å²) in [6, 6.07) is 21.4. The third kappa shape index (κ3) is 8.66. The first kappa shape index (κ1) is 31.4. The van der Waals surface area contributed by atoms with Crippen molar-refractivity contribution in [3.8, 4) is 0 Å². The molecule has 9 heteroatoms. The number of sulfonamides is 1. The van der Waals surface area contributed by atoms with E-state index in [2.05, 4.69) is 21.2 Å². The minimum Gasteiger partial charge on any atom is -0.352 e. The van der Waals surface area contributed by atoms with E-state index < -0.39 is 28.5 Å². The molecule has 2 atom stereocenters. The number of carbonyl (C=O) groups excluding carboxylic acids is 2. The quantitative estimate of drug-likeness (QED) is 0.292. The molecule has 0 saturated carbocycles. The molecule has 2 amide bonds. The second-order valence-electron chi connectivity index (χ2n) is 10.2. The molecule has 0 heterocycles. The van der Waals surface area contributed by atoms with Crippen molar-refractivity contribution >= 4 is 43.5 Å². The summed E-state index contributed by atoms with van der Waals surface area (Å²) in [4.78, 5) is 29.3. The third-order valence-corrected chi connectivity index (χ3v) is 8.61. The van der Waals surface area contributed by atoms with Crippen molar-refractivity contribution in [2.75, 3.05) is 17.1 Å². The van der Waals surface area contributed by atoms with Gasteiger partial charge in [-0.2, -0.15) is 0 Å². The van der Waals surface area contributed by atoms with Gasteiger partial charge in [0, 0.05) is 23.5 Å². The van der Waals surface area contributed by atoms with Crippen LogP contribution in [-0.4, -0.2) is 50.0 Å². The van der Waals surface area contributed by atoms with Crippen LogP contribution in [0.4, 0.5) is 5.69 Å². The first-order chi connectivity index (χ1) is 18.9. The molecule has 0 aliphatic carbocycles. The summed E-state index contributed by atoms with van der Waals surface area (Å²) in [6.07, 6.45) is 2.11. The van der Waals surface area contributed by atoms with Gasteiger partial charge in [0.1, 0.15) is 12.6 Å². The Hall–Kier alpha value is -3.17. The van der Waals surface area contributed by atoms with Gasteiger partial charge in [-0.3, -0.25) is 13.9 Å². The van der Waals surface area contributed by atoms with E-state index in [1.165, 1.54) is 4.90 Å². The number of carbonyl (C=O) groups is 2. The molecule has 0 fully saturated rings. The van der Waals surface area contributed by atoms with E-state index in [9.17, 15) is 18.0 Å². The highest BCUT2D eigenvalue weighted by molar-refractivity contribution is 9.10. The molecule has 0 aliphatic rings. The van der Waals surface area contributed by atoms with E-state index in [-0.39, 0.29) is 24.9 Å². The number of hydrogen-bond donors (Lipinski definition) is 1. The molecule has 0 bridgehead atoms. The first-order valence-electron chi connectivity index (χ1n) is 13.3. The summed E-state index contributed by atoms with van der Waals surface area (Å²) in [7, 11) is -3.81. The molecule has 3 aromatic carbocycles. The monoisotopic (exact) mass is 627 g/mol. The van der Waals surface area contributed by atoms with Crippen LogP contribution in [0.15, 0.2) is 77.3 Å². The van der Waals surface area contributed by atoms with Crippen molar-refractivity contribution < 1.29 is 18.0 Å². The van der Waals surface area contributed by atoms with Crippen molar-refractivity contribution in [3.63, 3.8) is 0 Å². The predicted molar refractivity (Wildman–Crippen MR) is 165 cm³/mol. The molecule has 0 aromatic heterocycles. The molecule has 3 aromatic rings. The van der Waals surface area contributed by atoms with Gasteiger partial charge in [-0.05, 0) is 73.7 Å². The summed E-state index contributed by atoms with van der Waals surface area (Å²) in [5.74, 6) is -0.748. The lowest BCUT2D eigenvalue weighted by atomic mass is 10.0. The molecule has 0 saturated heterocycles. The van der Waals surface area contributed by atoms with Crippen molar-refractivity contribution in [3.05, 3.63) is 99.5 Å². The maximum absolute atomic E-state index is 14.1. The molecule has 0 radical (unpaired) electrons. The van der Waals surface area contributed by atoms with Crippen molar-refractivity contribution in [2.24, 2.45) is 0 Å². The topological polar surface area (TPSA) is 86.8 Å². The van der Waals surface area contributed by atoms with Crippen LogP contribution >= 0.6 is 15.9 Å². The smallest absolute Gasteiger partial charge is 0.244 e. The van der Waals surface area contributed by atoms with Gasteiger partial charge >= 0.3 is 0 Å². The highest BCUT2D eigenvalue weighted by Gasteiger charge is 2.33. The number of aryl methyl sites for hydroxylation is 2. The normalized spacial score (nSPS) is 12.8. The fourth-order valence-corrected chi connectivity index (χ4v) is 5.61. The lowest BCUT2D eigenvalue weighted by Crippen LogP contribution is -2.54. The fourth-order valence-electron chi connectivity index (χ4n) is 4.32. The van der Waals surface area contributed by atoms with Crippen LogP contribution in [0.1, 0.15) is 42.5 Å². The van der Waals surface area contributed by atoms with Crippen LogP contribution < -0.4 is 9.62 Å². The highest BCUT2D eigenvalue weighted by atomic mass is 79.9.